The number of hydrogen-bond acceptors (Lipinski definition) is 5. The van der Waals surface area contributed by atoms with Crippen LogP contribution in [0.4, 0.5) is 18.9 Å². The van der Waals surface area contributed by atoms with E-state index in [0.717, 1.165) is 23.9 Å². The summed E-state index contributed by atoms with van der Waals surface area (Å²) >= 11 is 1.07. The number of thioether (sulfide) groups is 1. The van der Waals surface area contributed by atoms with Gasteiger partial charge >= 0.3 is 0 Å². The minimum absolute atomic E-state index is 0.373. The van der Waals surface area contributed by atoms with Gasteiger partial charge in [0.25, 0.3) is 0 Å². The van der Waals surface area contributed by atoms with Crippen molar-refractivity contribution in [2.45, 2.75) is 23.9 Å². The molecule has 6 nitrogen and oxygen atoms in total. The quantitative estimate of drug-likeness (QED) is 0.359. The maximum absolute atomic E-state index is 13.8. The van der Waals surface area contributed by atoms with Gasteiger partial charge in [0.15, 0.2) is 28.4 Å². The molecule has 0 spiro atoms. The SMILES string of the molecule is C=CCn1c(SC(C)C(=O)Nc2ccc(F)c(F)c2F)nnc1-c1ccco1. The van der Waals surface area contributed by atoms with E-state index in [-0.39, 0.29) is 0 Å². The lowest BCUT2D eigenvalue weighted by atomic mass is 10.2. The monoisotopic (exact) mass is 408 g/mol. The molecule has 2 aromatic heterocycles. The first-order chi connectivity index (χ1) is 13.4. The molecule has 146 valence electrons. The molecule has 28 heavy (non-hydrogen) atoms. The van der Waals surface area contributed by atoms with Gasteiger partial charge in [0.2, 0.25) is 11.7 Å². The first-order valence-corrected chi connectivity index (χ1v) is 8.99. The van der Waals surface area contributed by atoms with Crippen molar-refractivity contribution in [2.75, 3.05) is 5.32 Å². The lowest BCUT2D eigenvalue weighted by molar-refractivity contribution is -0.115. The van der Waals surface area contributed by atoms with Crippen LogP contribution in [-0.2, 0) is 11.3 Å². The average molecular weight is 408 g/mol. The summed E-state index contributed by atoms with van der Waals surface area (Å²) in [7, 11) is 0. The van der Waals surface area contributed by atoms with Gasteiger partial charge in [-0.25, -0.2) is 13.2 Å². The molecule has 1 N–H and O–H groups in total. The van der Waals surface area contributed by atoms with Gasteiger partial charge < -0.3 is 9.73 Å². The smallest absolute Gasteiger partial charge is 0.237 e. The molecule has 1 atom stereocenters. The number of hydrogen-bond donors (Lipinski definition) is 1. The van der Waals surface area contributed by atoms with Gasteiger partial charge in [-0.3, -0.25) is 9.36 Å². The number of halogens is 3. The summed E-state index contributed by atoms with van der Waals surface area (Å²) in [5.41, 5.74) is -0.444. The Bertz CT molecular complexity index is 1000. The highest BCUT2D eigenvalue weighted by atomic mass is 32.2. The first-order valence-electron chi connectivity index (χ1n) is 8.11. The third-order valence-electron chi connectivity index (χ3n) is 3.71. The van der Waals surface area contributed by atoms with Gasteiger partial charge in [-0.1, -0.05) is 17.8 Å². The molecule has 0 bridgehead atoms. The number of rotatable bonds is 7. The molecule has 0 saturated heterocycles. The van der Waals surface area contributed by atoms with Crippen LogP contribution < -0.4 is 5.32 Å². The third-order valence-corrected chi connectivity index (χ3v) is 4.80. The highest BCUT2D eigenvalue weighted by Crippen LogP contribution is 2.28. The van der Waals surface area contributed by atoms with Crippen molar-refractivity contribution in [2.24, 2.45) is 0 Å². The Kier molecular flexibility index (Phi) is 5.88. The molecule has 0 aliphatic carbocycles. The Balaban J connectivity index is 1.77. The molecule has 10 heteroatoms. The van der Waals surface area contributed by atoms with Crippen LogP contribution >= 0.6 is 11.8 Å². The van der Waals surface area contributed by atoms with Crippen molar-refractivity contribution in [1.29, 1.82) is 0 Å². The molecule has 3 aromatic rings. The summed E-state index contributed by atoms with van der Waals surface area (Å²) in [6, 6.07) is 5.13. The summed E-state index contributed by atoms with van der Waals surface area (Å²) in [5, 5.41) is 10.1. The zero-order valence-electron chi connectivity index (χ0n) is 14.7. The molecule has 3 rings (SSSR count). The fraction of sp³-hybridized carbons (Fsp3) is 0.167. The zero-order chi connectivity index (χ0) is 20.3. The molecule has 1 unspecified atom stereocenters. The van der Waals surface area contributed by atoms with Gasteiger partial charge in [-0.05, 0) is 31.2 Å². The van der Waals surface area contributed by atoms with E-state index < -0.39 is 34.3 Å². The second kappa shape index (κ2) is 8.34. The highest BCUT2D eigenvalue weighted by Gasteiger charge is 2.23. The summed E-state index contributed by atoms with van der Waals surface area (Å²) in [5.74, 6) is -4.08. The van der Waals surface area contributed by atoms with Crippen molar-refractivity contribution in [3.63, 3.8) is 0 Å². The molecular formula is C18H15F3N4O2S. The number of aromatic nitrogens is 3. The summed E-state index contributed by atoms with van der Waals surface area (Å²) in [6.45, 7) is 5.63. The Labute approximate surface area is 162 Å². The van der Waals surface area contributed by atoms with Gasteiger partial charge in [-0.15, -0.1) is 16.8 Å². The topological polar surface area (TPSA) is 73.0 Å². The fourth-order valence-corrected chi connectivity index (χ4v) is 3.18. The van der Waals surface area contributed by atoms with Crippen LogP contribution in [0.5, 0.6) is 0 Å². The first kappa shape index (κ1) is 19.7. The van der Waals surface area contributed by atoms with Crippen molar-refractivity contribution in [3.05, 3.63) is 60.6 Å². The number of nitrogens with one attached hydrogen (secondary N) is 1. The lowest BCUT2D eigenvalue weighted by Gasteiger charge is -2.13. The Hall–Kier alpha value is -3.01. The number of allylic oxidation sites excluding steroid dienone is 1. The summed E-state index contributed by atoms with van der Waals surface area (Å²) < 4.78 is 47.1. The van der Waals surface area contributed by atoms with E-state index in [9.17, 15) is 18.0 Å². The largest absolute Gasteiger partial charge is 0.461 e. The molecule has 0 saturated carbocycles. The normalized spacial score (nSPS) is 12.0. The Morgan fingerprint density at radius 1 is 1.32 bits per heavy atom. The molecule has 2 heterocycles. The Morgan fingerprint density at radius 3 is 2.79 bits per heavy atom. The van der Waals surface area contributed by atoms with Crippen LogP contribution in [0.1, 0.15) is 6.92 Å². The van der Waals surface area contributed by atoms with E-state index in [4.69, 9.17) is 4.42 Å². The van der Waals surface area contributed by atoms with E-state index in [0.29, 0.717) is 23.3 Å². The predicted molar refractivity (Wildman–Crippen MR) is 98.2 cm³/mol. The lowest BCUT2D eigenvalue weighted by Crippen LogP contribution is -2.23. The molecule has 0 aliphatic heterocycles. The second-order valence-electron chi connectivity index (χ2n) is 5.66. The van der Waals surface area contributed by atoms with Crippen molar-refractivity contribution < 1.29 is 22.4 Å². The number of anilines is 1. The highest BCUT2D eigenvalue weighted by molar-refractivity contribution is 8.00. The Morgan fingerprint density at radius 2 is 2.11 bits per heavy atom. The van der Waals surface area contributed by atoms with E-state index in [1.54, 1.807) is 29.7 Å². The number of furan rings is 1. The van der Waals surface area contributed by atoms with Gasteiger partial charge in [0.1, 0.15) is 0 Å². The fourth-order valence-electron chi connectivity index (χ4n) is 2.33. The minimum atomic E-state index is -1.65. The number of benzene rings is 1. The maximum Gasteiger partial charge on any atom is 0.237 e. The summed E-state index contributed by atoms with van der Waals surface area (Å²) in [4.78, 5) is 12.4. The van der Waals surface area contributed by atoms with Crippen LogP contribution in [0, 0.1) is 17.5 Å². The van der Waals surface area contributed by atoms with Crippen LogP contribution in [0.2, 0.25) is 0 Å². The van der Waals surface area contributed by atoms with E-state index in [2.05, 4.69) is 22.1 Å². The number of carbonyl (C=O) groups is 1. The van der Waals surface area contributed by atoms with Crippen LogP contribution in [0.25, 0.3) is 11.6 Å². The van der Waals surface area contributed by atoms with Gasteiger partial charge in [-0.2, -0.15) is 0 Å². The van der Waals surface area contributed by atoms with Crippen LogP contribution in [0.3, 0.4) is 0 Å². The molecule has 1 aromatic carbocycles. The standard InChI is InChI=1S/C18H15F3N4O2S/c1-3-8-25-16(13-5-4-9-27-13)23-24-18(25)28-10(2)17(26)22-12-7-6-11(19)14(20)15(12)21/h3-7,9-10H,1,8H2,2H3,(H,22,26). The van der Waals surface area contributed by atoms with Gasteiger partial charge in [0.05, 0.1) is 17.2 Å². The number of nitrogens with zero attached hydrogens (tertiary/aromatic N) is 3. The van der Waals surface area contributed by atoms with E-state index >= 15 is 0 Å². The zero-order valence-corrected chi connectivity index (χ0v) is 15.5. The van der Waals surface area contributed by atoms with Crippen LogP contribution in [-0.4, -0.2) is 25.9 Å². The van der Waals surface area contributed by atoms with E-state index in [1.807, 2.05) is 0 Å². The molecule has 0 radical (unpaired) electrons. The summed E-state index contributed by atoms with van der Waals surface area (Å²) in [6.07, 6.45) is 3.14. The predicted octanol–water partition coefficient (Wildman–Crippen LogP) is 4.26. The van der Waals surface area contributed by atoms with Gasteiger partial charge in [0, 0.05) is 6.54 Å². The maximum atomic E-state index is 13.8. The van der Waals surface area contributed by atoms with Crippen molar-refractivity contribution >= 4 is 23.4 Å². The number of amides is 1. The van der Waals surface area contributed by atoms with Crippen LogP contribution in [0.15, 0.2) is 52.8 Å². The van der Waals surface area contributed by atoms with E-state index in [1.165, 1.54) is 6.26 Å². The van der Waals surface area contributed by atoms with Crippen molar-refractivity contribution in [1.82, 2.24) is 14.8 Å². The third kappa shape index (κ3) is 3.96. The minimum Gasteiger partial charge on any atom is -0.461 e. The number of carbonyl (C=O) groups excluding carboxylic acids is 1. The average Bonchev–Trinajstić information content (AvgIpc) is 3.33. The molecular weight excluding hydrogens is 393 g/mol. The molecule has 0 aliphatic rings. The molecule has 1 amide bonds. The molecule has 0 fully saturated rings. The van der Waals surface area contributed by atoms with Crippen molar-refractivity contribution in [3.8, 4) is 11.6 Å². The second-order valence-corrected chi connectivity index (χ2v) is 6.96.